The van der Waals surface area contributed by atoms with E-state index in [2.05, 4.69) is 20.5 Å². The molecule has 1 aromatic heterocycles. The van der Waals surface area contributed by atoms with Crippen LogP contribution in [-0.4, -0.2) is 40.9 Å². The van der Waals surface area contributed by atoms with Crippen LogP contribution in [0.1, 0.15) is 18.7 Å². The molecule has 0 spiro atoms. The number of Topliss-reactive ketones (excluding diaryl/α,β-unsaturated/α-hetero) is 1. The molecule has 4 rings (SSSR count). The summed E-state index contributed by atoms with van der Waals surface area (Å²) in [6, 6.07) is 13.2. The molecule has 0 bridgehead atoms. The molecule has 1 aliphatic heterocycles. The summed E-state index contributed by atoms with van der Waals surface area (Å²) < 4.78 is 17.1. The Hall–Kier alpha value is -3.33. The first-order valence-electron chi connectivity index (χ1n) is 9.20. The Balaban J connectivity index is 1.73. The van der Waals surface area contributed by atoms with Gasteiger partial charge in [-0.1, -0.05) is 30.0 Å². The van der Waals surface area contributed by atoms with Crippen LogP contribution in [0, 0.1) is 0 Å². The van der Waals surface area contributed by atoms with E-state index in [-0.39, 0.29) is 12.4 Å². The smallest absolute Gasteiger partial charge is 0.262 e. The summed E-state index contributed by atoms with van der Waals surface area (Å²) >= 11 is 1.42. The van der Waals surface area contributed by atoms with E-state index in [0.29, 0.717) is 28.2 Å². The fourth-order valence-electron chi connectivity index (χ4n) is 3.04. The molecule has 8 nitrogen and oxygen atoms in total. The molecule has 154 valence electrons. The van der Waals surface area contributed by atoms with Gasteiger partial charge in [-0.15, -0.1) is 10.2 Å². The molecule has 9 heteroatoms. The number of ether oxygens (including phenoxy) is 3. The van der Waals surface area contributed by atoms with Gasteiger partial charge in [0, 0.05) is 16.8 Å². The summed E-state index contributed by atoms with van der Waals surface area (Å²) in [5.74, 6) is 1.25. The highest BCUT2D eigenvalue weighted by atomic mass is 32.2. The summed E-state index contributed by atoms with van der Waals surface area (Å²) in [7, 11) is 1.55. The predicted molar refractivity (Wildman–Crippen MR) is 113 cm³/mol. The van der Waals surface area contributed by atoms with E-state index >= 15 is 0 Å². The Labute approximate surface area is 178 Å². The van der Waals surface area contributed by atoms with Gasteiger partial charge in [0.15, 0.2) is 23.5 Å². The number of thioether (sulfide) groups is 1. The average molecular weight is 424 g/mol. The van der Waals surface area contributed by atoms with Gasteiger partial charge >= 0.3 is 0 Å². The van der Waals surface area contributed by atoms with Crippen LogP contribution in [-0.2, 0) is 4.79 Å². The second-order valence-electron chi connectivity index (χ2n) is 6.54. The molecule has 30 heavy (non-hydrogen) atoms. The number of carbonyl (C=O) groups is 1. The van der Waals surface area contributed by atoms with Gasteiger partial charge in [-0.2, -0.15) is 0 Å². The Kier molecular flexibility index (Phi) is 5.71. The van der Waals surface area contributed by atoms with Crippen molar-refractivity contribution in [3.63, 3.8) is 0 Å². The minimum atomic E-state index is -0.556. The minimum Gasteiger partial charge on any atom is -0.493 e. The van der Waals surface area contributed by atoms with Crippen LogP contribution >= 0.6 is 11.8 Å². The molecule has 2 aromatic carbocycles. The summed E-state index contributed by atoms with van der Waals surface area (Å²) in [6.07, 6.45) is 1.34. The lowest BCUT2D eigenvalue weighted by atomic mass is 10.1. The Bertz CT molecular complexity index is 1090. The number of nitrogens with zero attached hydrogens (tertiary/aromatic N) is 3. The fraction of sp³-hybridized carbons (Fsp3) is 0.238. The SMILES string of the molecule is COc1cc(C2Nc3ccccc3-c3nc(SC)nnc3O2)ccc1OCC(C)=O. The third-order valence-electron chi connectivity index (χ3n) is 4.44. The number of ketones is 1. The fourth-order valence-corrected chi connectivity index (χ4v) is 3.34. The lowest BCUT2D eigenvalue weighted by Crippen LogP contribution is -2.17. The topological polar surface area (TPSA) is 95.5 Å². The van der Waals surface area contributed by atoms with Crippen molar-refractivity contribution in [1.82, 2.24) is 15.2 Å². The zero-order chi connectivity index (χ0) is 21.1. The van der Waals surface area contributed by atoms with Gasteiger partial charge in [-0.05, 0) is 37.4 Å². The van der Waals surface area contributed by atoms with Crippen LogP contribution < -0.4 is 19.5 Å². The van der Waals surface area contributed by atoms with Gasteiger partial charge in [0.25, 0.3) is 5.88 Å². The Morgan fingerprint density at radius 1 is 1.20 bits per heavy atom. The number of hydrogen-bond donors (Lipinski definition) is 1. The summed E-state index contributed by atoms with van der Waals surface area (Å²) in [4.78, 5) is 15.8. The third kappa shape index (κ3) is 4.02. The quantitative estimate of drug-likeness (QED) is 0.594. The number of benzene rings is 2. The van der Waals surface area contributed by atoms with Crippen LogP contribution in [0.4, 0.5) is 5.69 Å². The molecule has 0 radical (unpaired) electrons. The highest BCUT2D eigenvalue weighted by Gasteiger charge is 2.26. The lowest BCUT2D eigenvalue weighted by Gasteiger charge is -2.20. The highest BCUT2D eigenvalue weighted by molar-refractivity contribution is 7.98. The molecule has 0 aliphatic carbocycles. The summed E-state index contributed by atoms with van der Waals surface area (Å²) in [6.45, 7) is 1.45. The van der Waals surface area contributed by atoms with Crippen molar-refractivity contribution >= 4 is 23.2 Å². The molecule has 0 fully saturated rings. The molecular formula is C21H20N4O4S. The van der Waals surface area contributed by atoms with E-state index in [1.165, 1.54) is 18.7 Å². The van der Waals surface area contributed by atoms with E-state index in [1.54, 1.807) is 19.2 Å². The number of hydrogen-bond acceptors (Lipinski definition) is 9. The van der Waals surface area contributed by atoms with Gasteiger partial charge in [-0.3, -0.25) is 4.79 Å². The van der Waals surface area contributed by atoms with E-state index in [9.17, 15) is 4.79 Å². The van der Waals surface area contributed by atoms with Crippen LogP contribution in [0.25, 0.3) is 11.3 Å². The minimum absolute atomic E-state index is 0.0202. The molecule has 3 aromatic rings. The Morgan fingerprint density at radius 2 is 2.03 bits per heavy atom. The first-order valence-corrected chi connectivity index (χ1v) is 10.4. The van der Waals surface area contributed by atoms with Crippen LogP contribution in [0.15, 0.2) is 47.6 Å². The molecule has 1 aliphatic rings. The van der Waals surface area contributed by atoms with E-state index in [4.69, 9.17) is 14.2 Å². The summed E-state index contributed by atoms with van der Waals surface area (Å²) in [5, 5.41) is 12.3. The summed E-state index contributed by atoms with van der Waals surface area (Å²) in [5.41, 5.74) is 3.17. The zero-order valence-electron chi connectivity index (χ0n) is 16.7. The molecule has 0 saturated heterocycles. The first-order chi connectivity index (χ1) is 14.6. The third-order valence-corrected chi connectivity index (χ3v) is 4.98. The van der Waals surface area contributed by atoms with Crippen LogP contribution in [0.2, 0.25) is 0 Å². The highest BCUT2D eigenvalue weighted by Crippen LogP contribution is 2.40. The van der Waals surface area contributed by atoms with Gasteiger partial charge in [0.2, 0.25) is 5.16 Å². The number of carbonyl (C=O) groups excluding carboxylic acids is 1. The standard InChI is InChI=1S/C21H20N4O4S/c1-12(26)11-28-16-9-8-13(10-17(16)27-2)19-22-15-7-5-4-6-14(15)18-20(29-19)24-25-21(23-18)30-3/h4-10,19,22H,11H2,1-3H3. The monoisotopic (exact) mass is 424 g/mol. The Morgan fingerprint density at radius 3 is 2.80 bits per heavy atom. The van der Waals surface area contributed by atoms with Gasteiger partial charge in [-0.25, -0.2) is 4.98 Å². The second kappa shape index (κ2) is 8.58. The number of rotatable bonds is 6. The number of para-hydroxylation sites is 1. The maximum absolute atomic E-state index is 11.2. The molecule has 1 N–H and O–H groups in total. The second-order valence-corrected chi connectivity index (χ2v) is 7.31. The van der Waals surface area contributed by atoms with E-state index < -0.39 is 6.23 Å². The van der Waals surface area contributed by atoms with Crippen molar-refractivity contribution < 1.29 is 19.0 Å². The van der Waals surface area contributed by atoms with E-state index in [1.807, 2.05) is 36.6 Å². The van der Waals surface area contributed by atoms with Crippen LogP contribution in [0.5, 0.6) is 17.4 Å². The first kappa shape index (κ1) is 20.0. The number of nitrogens with one attached hydrogen (secondary N) is 1. The average Bonchev–Trinajstić information content (AvgIpc) is 2.94. The maximum Gasteiger partial charge on any atom is 0.262 e. The molecule has 0 saturated carbocycles. The van der Waals surface area contributed by atoms with Crippen molar-refractivity contribution in [2.45, 2.75) is 18.3 Å². The molecular weight excluding hydrogens is 404 g/mol. The van der Waals surface area contributed by atoms with Crippen LogP contribution in [0.3, 0.4) is 0 Å². The predicted octanol–water partition coefficient (Wildman–Crippen LogP) is 3.74. The zero-order valence-corrected chi connectivity index (χ0v) is 17.5. The molecule has 1 atom stereocenters. The van der Waals surface area contributed by atoms with E-state index in [0.717, 1.165) is 16.8 Å². The van der Waals surface area contributed by atoms with Gasteiger partial charge < -0.3 is 19.5 Å². The van der Waals surface area contributed by atoms with Crippen molar-refractivity contribution in [3.8, 4) is 28.6 Å². The van der Waals surface area contributed by atoms with Crippen molar-refractivity contribution in [3.05, 3.63) is 48.0 Å². The largest absolute Gasteiger partial charge is 0.493 e. The molecule has 1 unspecified atom stereocenters. The van der Waals surface area contributed by atoms with Gasteiger partial charge in [0.05, 0.1) is 7.11 Å². The number of aromatic nitrogens is 3. The number of anilines is 1. The normalized spacial score (nSPS) is 14.4. The van der Waals surface area contributed by atoms with Gasteiger partial charge in [0.1, 0.15) is 12.3 Å². The molecule has 2 heterocycles. The van der Waals surface area contributed by atoms with Crippen molar-refractivity contribution in [2.75, 3.05) is 25.3 Å². The number of methoxy groups -OCH3 is 1. The van der Waals surface area contributed by atoms with Crippen molar-refractivity contribution in [1.29, 1.82) is 0 Å². The maximum atomic E-state index is 11.2. The lowest BCUT2D eigenvalue weighted by molar-refractivity contribution is -0.118. The van der Waals surface area contributed by atoms with Crippen molar-refractivity contribution in [2.24, 2.45) is 0 Å². The number of fused-ring (bicyclic) bond motifs is 3. The molecule has 0 amide bonds.